The summed E-state index contributed by atoms with van der Waals surface area (Å²) >= 11 is 0. The highest BCUT2D eigenvalue weighted by Gasteiger charge is 2.29. The van der Waals surface area contributed by atoms with Crippen LogP contribution in [-0.2, 0) is 22.4 Å². The van der Waals surface area contributed by atoms with Crippen LogP contribution in [-0.4, -0.2) is 24.4 Å². The van der Waals surface area contributed by atoms with Gasteiger partial charge in [0.1, 0.15) is 0 Å². The van der Waals surface area contributed by atoms with Crippen LogP contribution in [0.3, 0.4) is 0 Å². The van der Waals surface area contributed by atoms with E-state index in [4.69, 9.17) is 0 Å². The van der Waals surface area contributed by atoms with Gasteiger partial charge in [-0.15, -0.1) is 0 Å². The van der Waals surface area contributed by atoms with Crippen LogP contribution in [0.25, 0.3) is 0 Å². The zero-order chi connectivity index (χ0) is 16.9. The second-order valence-electron chi connectivity index (χ2n) is 6.21. The summed E-state index contributed by atoms with van der Waals surface area (Å²) in [5.41, 5.74) is 3.19. The standard InChI is InChI=1S/C20H22N2O2/c1-15-13-17-9-5-6-10-18(17)22(15)20(24)11-12-21-19(23)14-16-7-3-2-4-8-16/h2-10,15H,11-14H2,1H3,(H,21,23). The molecule has 2 aromatic carbocycles. The molecule has 2 aromatic rings. The summed E-state index contributed by atoms with van der Waals surface area (Å²) in [6.07, 6.45) is 1.56. The van der Waals surface area contributed by atoms with Crippen molar-refractivity contribution in [2.24, 2.45) is 0 Å². The molecule has 0 aromatic heterocycles. The molecule has 1 N–H and O–H groups in total. The zero-order valence-corrected chi connectivity index (χ0v) is 13.9. The molecule has 4 heteroatoms. The van der Waals surface area contributed by atoms with E-state index in [2.05, 4.69) is 18.3 Å². The molecule has 0 saturated heterocycles. The number of amides is 2. The first-order chi connectivity index (χ1) is 11.6. The van der Waals surface area contributed by atoms with Gasteiger partial charge < -0.3 is 10.2 Å². The van der Waals surface area contributed by atoms with Crippen LogP contribution >= 0.6 is 0 Å². The molecule has 0 radical (unpaired) electrons. The van der Waals surface area contributed by atoms with Crippen molar-refractivity contribution in [1.82, 2.24) is 5.32 Å². The van der Waals surface area contributed by atoms with Gasteiger partial charge >= 0.3 is 0 Å². The van der Waals surface area contributed by atoms with Gasteiger partial charge in [-0.3, -0.25) is 9.59 Å². The number of hydrogen-bond donors (Lipinski definition) is 1. The number of carbonyl (C=O) groups excluding carboxylic acids is 2. The molecule has 1 atom stereocenters. The lowest BCUT2D eigenvalue weighted by Gasteiger charge is -2.22. The van der Waals surface area contributed by atoms with Crippen molar-refractivity contribution in [1.29, 1.82) is 0 Å². The molecule has 0 bridgehead atoms. The number of nitrogens with zero attached hydrogens (tertiary/aromatic N) is 1. The maximum absolute atomic E-state index is 12.5. The van der Waals surface area contributed by atoms with Crippen molar-refractivity contribution in [3.8, 4) is 0 Å². The highest BCUT2D eigenvalue weighted by Crippen LogP contribution is 2.32. The predicted octanol–water partition coefficient (Wildman–Crippen LogP) is 2.71. The van der Waals surface area contributed by atoms with Crippen molar-refractivity contribution in [3.63, 3.8) is 0 Å². The number of carbonyl (C=O) groups is 2. The second kappa shape index (κ2) is 7.30. The molecular formula is C20H22N2O2. The minimum atomic E-state index is -0.0520. The summed E-state index contributed by atoms with van der Waals surface area (Å²) < 4.78 is 0. The summed E-state index contributed by atoms with van der Waals surface area (Å²) in [6.45, 7) is 2.43. The summed E-state index contributed by atoms with van der Waals surface area (Å²) in [6, 6.07) is 17.8. The Morgan fingerprint density at radius 1 is 1.08 bits per heavy atom. The number of benzene rings is 2. The fraction of sp³-hybridized carbons (Fsp3) is 0.300. The highest BCUT2D eigenvalue weighted by molar-refractivity contribution is 5.96. The summed E-state index contributed by atoms with van der Waals surface area (Å²) in [4.78, 5) is 26.3. The monoisotopic (exact) mass is 322 g/mol. The van der Waals surface area contributed by atoms with Gasteiger partial charge in [0.25, 0.3) is 0 Å². The Morgan fingerprint density at radius 3 is 2.58 bits per heavy atom. The van der Waals surface area contributed by atoms with E-state index in [1.807, 2.05) is 53.4 Å². The predicted molar refractivity (Wildman–Crippen MR) is 94.9 cm³/mol. The minimum absolute atomic E-state index is 0.0520. The van der Waals surface area contributed by atoms with Crippen molar-refractivity contribution < 1.29 is 9.59 Å². The quantitative estimate of drug-likeness (QED) is 0.920. The third-order valence-corrected chi connectivity index (χ3v) is 4.34. The Labute approximate surface area is 142 Å². The van der Waals surface area contributed by atoms with Crippen molar-refractivity contribution in [3.05, 3.63) is 65.7 Å². The van der Waals surface area contributed by atoms with Gasteiger partial charge in [-0.2, -0.15) is 0 Å². The fourth-order valence-corrected chi connectivity index (χ4v) is 3.22. The molecule has 3 rings (SSSR count). The number of fused-ring (bicyclic) bond motifs is 1. The first-order valence-corrected chi connectivity index (χ1v) is 8.36. The van der Waals surface area contributed by atoms with E-state index < -0.39 is 0 Å². The summed E-state index contributed by atoms with van der Waals surface area (Å²) in [5.74, 6) is 0.0105. The lowest BCUT2D eigenvalue weighted by atomic mass is 10.1. The van der Waals surface area contributed by atoms with Crippen LogP contribution in [0.2, 0.25) is 0 Å². The molecule has 1 aliphatic heterocycles. The van der Waals surface area contributed by atoms with Crippen LogP contribution in [0.4, 0.5) is 5.69 Å². The zero-order valence-electron chi connectivity index (χ0n) is 13.9. The number of hydrogen-bond acceptors (Lipinski definition) is 2. The molecule has 1 aliphatic rings. The largest absolute Gasteiger partial charge is 0.355 e. The van der Waals surface area contributed by atoms with Gasteiger partial charge in [0.2, 0.25) is 11.8 Å². The van der Waals surface area contributed by atoms with Gasteiger partial charge in [0.15, 0.2) is 0 Å². The third-order valence-electron chi connectivity index (χ3n) is 4.34. The molecule has 4 nitrogen and oxygen atoms in total. The van der Waals surface area contributed by atoms with Crippen LogP contribution in [0.15, 0.2) is 54.6 Å². The first-order valence-electron chi connectivity index (χ1n) is 8.36. The molecule has 0 saturated carbocycles. The maximum Gasteiger partial charge on any atom is 0.229 e. The SMILES string of the molecule is CC1Cc2ccccc2N1C(=O)CCNC(=O)Cc1ccccc1. The van der Waals surface area contributed by atoms with Crippen LogP contribution in [0.5, 0.6) is 0 Å². The molecule has 0 aliphatic carbocycles. The van der Waals surface area contributed by atoms with Crippen LogP contribution < -0.4 is 10.2 Å². The van der Waals surface area contributed by atoms with Crippen molar-refractivity contribution in [2.45, 2.75) is 32.2 Å². The summed E-state index contributed by atoms with van der Waals surface area (Å²) in [5, 5.41) is 2.84. The van der Waals surface area contributed by atoms with Gasteiger partial charge in [-0.25, -0.2) is 0 Å². The van der Waals surface area contributed by atoms with Crippen molar-refractivity contribution in [2.75, 3.05) is 11.4 Å². The second-order valence-corrected chi connectivity index (χ2v) is 6.21. The molecule has 1 heterocycles. The van der Waals surface area contributed by atoms with E-state index in [0.717, 1.165) is 17.7 Å². The number of para-hydroxylation sites is 1. The van der Waals surface area contributed by atoms with Crippen molar-refractivity contribution >= 4 is 17.5 Å². The Morgan fingerprint density at radius 2 is 1.79 bits per heavy atom. The highest BCUT2D eigenvalue weighted by atomic mass is 16.2. The smallest absolute Gasteiger partial charge is 0.229 e. The van der Waals surface area contributed by atoms with E-state index in [0.29, 0.717) is 19.4 Å². The minimum Gasteiger partial charge on any atom is -0.355 e. The molecule has 2 amide bonds. The Kier molecular flexibility index (Phi) is 4.94. The topological polar surface area (TPSA) is 49.4 Å². The van der Waals surface area contributed by atoms with E-state index in [9.17, 15) is 9.59 Å². The lowest BCUT2D eigenvalue weighted by molar-refractivity contribution is -0.121. The van der Waals surface area contributed by atoms with Gasteiger partial charge in [0, 0.05) is 24.7 Å². The van der Waals surface area contributed by atoms with Gasteiger partial charge in [-0.05, 0) is 30.5 Å². The summed E-state index contributed by atoms with van der Waals surface area (Å²) in [7, 11) is 0. The number of rotatable bonds is 5. The molecule has 0 spiro atoms. The van der Waals surface area contributed by atoms with Gasteiger partial charge in [-0.1, -0.05) is 48.5 Å². The third kappa shape index (κ3) is 3.65. The molecule has 0 fully saturated rings. The van der Waals surface area contributed by atoms with E-state index in [-0.39, 0.29) is 17.9 Å². The number of anilines is 1. The Balaban J connectivity index is 1.50. The maximum atomic E-state index is 12.5. The first kappa shape index (κ1) is 16.2. The van der Waals surface area contributed by atoms with Crippen LogP contribution in [0.1, 0.15) is 24.5 Å². The normalized spacial score (nSPS) is 15.9. The van der Waals surface area contributed by atoms with E-state index >= 15 is 0 Å². The van der Waals surface area contributed by atoms with E-state index in [1.54, 1.807) is 0 Å². The average Bonchev–Trinajstić information content (AvgIpc) is 2.91. The van der Waals surface area contributed by atoms with Crippen LogP contribution in [0, 0.1) is 0 Å². The Hall–Kier alpha value is -2.62. The molecule has 124 valence electrons. The molecule has 1 unspecified atom stereocenters. The van der Waals surface area contributed by atoms with Gasteiger partial charge in [0.05, 0.1) is 6.42 Å². The Bertz CT molecular complexity index is 727. The average molecular weight is 322 g/mol. The molecular weight excluding hydrogens is 300 g/mol. The lowest BCUT2D eigenvalue weighted by Crippen LogP contribution is -2.38. The fourth-order valence-electron chi connectivity index (χ4n) is 3.22. The molecule has 24 heavy (non-hydrogen) atoms. The van der Waals surface area contributed by atoms with E-state index in [1.165, 1.54) is 5.56 Å². The number of nitrogens with one attached hydrogen (secondary N) is 1.